The number of anilines is 1. The fourth-order valence-corrected chi connectivity index (χ4v) is 3.01. The van der Waals surface area contributed by atoms with E-state index in [4.69, 9.17) is 9.63 Å². The number of carboxylic acids is 1. The topological polar surface area (TPSA) is 92.4 Å². The van der Waals surface area contributed by atoms with Crippen molar-refractivity contribution in [1.29, 1.82) is 0 Å². The Kier molecular flexibility index (Phi) is 5.81. The smallest absolute Gasteiger partial charge is 0.307 e. The third-order valence-corrected chi connectivity index (χ3v) is 4.21. The maximum Gasteiger partial charge on any atom is 0.307 e. The van der Waals surface area contributed by atoms with Crippen LogP contribution >= 0.6 is 11.8 Å². The number of carbonyl (C=O) groups is 2. The third kappa shape index (κ3) is 5.14. The van der Waals surface area contributed by atoms with Crippen molar-refractivity contribution in [2.75, 3.05) is 11.1 Å². The number of aryl methyl sites for hydroxylation is 2. The number of carboxylic acid groups (broad SMARTS) is 1. The van der Waals surface area contributed by atoms with Crippen LogP contribution in [0, 0.1) is 13.8 Å². The molecule has 0 saturated carbocycles. The largest absolute Gasteiger partial charge is 0.481 e. The molecule has 0 fully saturated rings. The second-order valence-corrected chi connectivity index (χ2v) is 6.10. The molecule has 0 saturated heterocycles. The number of nitrogens with one attached hydrogen (secondary N) is 1. The SMILES string of the molecule is Cc1noc(C)c1CSCC(=O)Nc1ccc(CC(=O)O)cc1. The number of aliphatic carboxylic acids is 1. The van der Waals surface area contributed by atoms with Crippen molar-refractivity contribution in [3.63, 3.8) is 0 Å². The lowest BCUT2D eigenvalue weighted by Crippen LogP contribution is -2.14. The molecule has 2 N–H and O–H groups in total. The zero-order chi connectivity index (χ0) is 16.8. The highest BCUT2D eigenvalue weighted by molar-refractivity contribution is 7.99. The molecule has 23 heavy (non-hydrogen) atoms. The highest BCUT2D eigenvalue weighted by Crippen LogP contribution is 2.19. The Balaban J connectivity index is 1.79. The van der Waals surface area contributed by atoms with E-state index in [2.05, 4.69) is 10.5 Å². The van der Waals surface area contributed by atoms with Gasteiger partial charge in [0.2, 0.25) is 5.91 Å². The highest BCUT2D eigenvalue weighted by Gasteiger charge is 2.10. The predicted octanol–water partition coefficient (Wildman–Crippen LogP) is 2.79. The van der Waals surface area contributed by atoms with Gasteiger partial charge in [0, 0.05) is 17.0 Å². The summed E-state index contributed by atoms with van der Waals surface area (Å²) in [4.78, 5) is 22.5. The number of hydrogen-bond acceptors (Lipinski definition) is 5. The van der Waals surface area contributed by atoms with Crippen molar-refractivity contribution in [2.24, 2.45) is 0 Å². The van der Waals surface area contributed by atoms with Gasteiger partial charge in [0.25, 0.3) is 0 Å². The zero-order valence-corrected chi connectivity index (χ0v) is 13.8. The lowest BCUT2D eigenvalue weighted by atomic mass is 10.1. The minimum Gasteiger partial charge on any atom is -0.481 e. The number of hydrogen-bond donors (Lipinski definition) is 2. The molecule has 0 aliphatic carbocycles. The second kappa shape index (κ2) is 7.82. The Hall–Kier alpha value is -2.28. The Labute approximate surface area is 138 Å². The van der Waals surface area contributed by atoms with Gasteiger partial charge < -0.3 is 14.9 Å². The van der Waals surface area contributed by atoms with E-state index in [0.29, 0.717) is 22.8 Å². The minimum absolute atomic E-state index is 0.0263. The second-order valence-electron chi connectivity index (χ2n) is 5.11. The first-order valence-corrected chi connectivity index (χ1v) is 8.21. The van der Waals surface area contributed by atoms with E-state index in [1.807, 2.05) is 13.8 Å². The Morgan fingerprint density at radius 2 is 1.96 bits per heavy atom. The van der Waals surface area contributed by atoms with Gasteiger partial charge in [0.1, 0.15) is 5.76 Å². The van der Waals surface area contributed by atoms with E-state index < -0.39 is 5.97 Å². The summed E-state index contributed by atoms with van der Waals surface area (Å²) in [5.74, 6) is 0.794. The van der Waals surface area contributed by atoms with E-state index >= 15 is 0 Å². The number of aromatic nitrogens is 1. The highest BCUT2D eigenvalue weighted by atomic mass is 32.2. The van der Waals surface area contributed by atoms with Crippen LogP contribution in [0.25, 0.3) is 0 Å². The van der Waals surface area contributed by atoms with Crippen molar-refractivity contribution >= 4 is 29.3 Å². The van der Waals surface area contributed by atoms with Gasteiger partial charge >= 0.3 is 5.97 Å². The van der Waals surface area contributed by atoms with E-state index in [-0.39, 0.29) is 12.3 Å². The molecule has 0 spiro atoms. The van der Waals surface area contributed by atoms with Crippen LogP contribution in [0.1, 0.15) is 22.6 Å². The molecule has 0 atom stereocenters. The number of carbonyl (C=O) groups excluding carboxylic acids is 1. The predicted molar refractivity (Wildman–Crippen MR) is 88.6 cm³/mol. The molecule has 7 heteroatoms. The maximum absolute atomic E-state index is 11.9. The molecule has 2 rings (SSSR count). The molecular weight excluding hydrogens is 316 g/mol. The van der Waals surface area contributed by atoms with Crippen LogP contribution in [0.2, 0.25) is 0 Å². The van der Waals surface area contributed by atoms with E-state index in [9.17, 15) is 9.59 Å². The van der Waals surface area contributed by atoms with Gasteiger partial charge in [-0.05, 0) is 31.5 Å². The first-order chi connectivity index (χ1) is 11.0. The summed E-state index contributed by atoms with van der Waals surface area (Å²) >= 11 is 1.49. The fraction of sp³-hybridized carbons (Fsp3) is 0.312. The van der Waals surface area contributed by atoms with Crippen LogP contribution in [0.3, 0.4) is 0 Å². The van der Waals surface area contributed by atoms with Crippen molar-refractivity contribution in [2.45, 2.75) is 26.0 Å². The van der Waals surface area contributed by atoms with Crippen molar-refractivity contribution in [1.82, 2.24) is 5.16 Å². The van der Waals surface area contributed by atoms with Crippen LogP contribution in [0.5, 0.6) is 0 Å². The van der Waals surface area contributed by atoms with Crippen LogP contribution < -0.4 is 5.32 Å². The van der Waals surface area contributed by atoms with Crippen molar-refractivity contribution in [3.05, 3.63) is 46.8 Å². The van der Waals surface area contributed by atoms with Crippen LogP contribution in [-0.4, -0.2) is 27.9 Å². The Morgan fingerprint density at radius 3 is 2.52 bits per heavy atom. The summed E-state index contributed by atoms with van der Waals surface area (Å²) < 4.78 is 5.08. The summed E-state index contributed by atoms with van der Waals surface area (Å²) in [5.41, 5.74) is 3.23. The molecule has 0 unspecified atom stereocenters. The lowest BCUT2D eigenvalue weighted by molar-refractivity contribution is -0.136. The molecule has 1 amide bonds. The van der Waals surface area contributed by atoms with Gasteiger partial charge in [-0.25, -0.2) is 0 Å². The molecule has 1 aromatic heterocycles. The minimum atomic E-state index is -0.877. The Morgan fingerprint density at radius 1 is 1.26 bits per heavy atom. The maximum atomic E-state index is 11.9. The molecule has 6 nitrogen and oxygen atoms in total. The van der Waals surface area contributed by atoms with Crippen LogP contribution in [-0.2, 0) is 21.8 Å². The standard InChI is InChI=1S/C16H18N2O4S/c1-10-14(11(2)22-18-10)8-23-9-15(19)17-13-5-3-12(4-6-13)7-16(20)21/h3-6H,7-9H2,1-2H3,(H,17,19)(H,20,21). The monoisotopic (exact) mass is 334 g/mol. The average molecular weight is 334 g/mol. The molecule has 0 aliphatic heterocycles. The van der Waals surface area contributed by atoms with Gasteiger partial charge in [0.15, 0.2) is 0 Å². The molecule has 0 radical (unpaired) electrons. The number of rotatable bonds is 7. The van der Waals surface area contributed by atoms with Crippen LogP contribution in [0.15, 0.2) is 28.8 Å². The summed E-state index contributed by atoms with van der Waals surface area (Å²) in [7, 11) is 0. The molecule has 0 aliphatic rings. The van der Waals surface area contributed by atoms with Crippen LogP contribution in [0.4, 0.5) is 5.69 Å². The first kappa shape index (κ1) is 17.1. The first-order valence-electron chi connectivity index (χ1n) is 7.06. The average Bonchev–Trinajstić information content (AvgIpc) is 2.80. The normalized spacial score (nSPS) is 10.5. The summed E-state index contributed by atoms with van der Waals surface area (Å²) in [6, 6.07) is 6.80. The van der Waals surface area contributed by atoms with E-state index in [1.54, 1.807) is 24.3 Å². The molecular formula is C16H18N2O4S. The number of thioether (sulfide) groups is 1. The molecule has 122 valence electrons. The summed E-state index contributed by atoms with van der Waals surface area (Å²) in [6.45, 7) is 3.74. The molecule has 2 aromatic rings. The van der Waals surface area contributed by atoms with E-state index in [0.717, 1.165) is 17.0 Å². The van der Waals surface area contributed by atoms with Gasteiger partial charge in [-0.3, -0.25) is 9.59 Å². The number of amides is 1. The fourth-order valence-electron chi connectivity index (χ4n) is 2.03. The van der Waals surface area contributed by atoms with Gasteiger partial charge in [0.05, 0.1) is 17.9 Å². The van der Waals surface area contributed by atoms with Crippen molar-refractivity contribution in [3.8, 4) is 0 Å². The number of nitrogens with zero attached hydrogens (tertiary/aromatic N) is 1. The van der Waals surface area contributed by atoms with Crippen molar-refractivity contribution < 1.29 is 19.2 Å². The van der Waals surface area contributed by atoms with Gasteiger partial charge in [-0.2, -0.15) is 0 Å². The molecule has 1 heterocycles. The summed E-state index contributed by atoms with van der Waals surface area (Å²) in [5, 5.41) is 15.4. The zero-order valence-electron chi connectivity index (χ0n) is 13.0. The van der Waals surface area contributed by atoms with E-state index in [1.165, 1.54) is 11.8 Å². The molecule has 1 aromatic carbocycles. The summed E-state index contributed by atoms with van der Waals surface area (Å²) in [6.07, 6.45) is -0.0263. The van der Waals surface area contributed by atoms with Gasteiger partial charge in [-0.15, -0.1) is 11.8 Å². The van der Waals surface area contributed by atoms with Gasteiger partial charge in [-0.1, -0.05) is 17.3 Å². The lowest BCUT2D eigenvalue weighted by Gasteiger charge is -2.06. The number of benzene rings is 1. The molecule has 0 bridgehead atoms. The third-order valence-electron chi connectivity index (χ3n) is 3.25. The quantitative estimate of drug-likeness (QED) is 0.809. The Bertz CT molecular complexity index is 675.